The molecule has 0 saturated heterocycles. The maximum atomic E-state index is 5.71. The highest BCUT2D eigenvalue weighted by Crippen LogP contribution is 2.31. The third-order valence-electron chi connectivity index (χ3n) is 6.75. The van der Waals surface area contributed by atoms with Gasteiger partial charge in [0, 0.05) is 25.2 Å². The van der Waals surface area contributed by atoms with E-state index in [-0.39, 0.29) is 0 Å². The summed E-state index contributed by atoms with van der Waals surface area (Å²) >= 11 is 4.43. The van der Waals surface area contributed by atoms with Crippen molar-refractivity contribution in [3.05, 3.63) is 23.5 Å². The number of thioether (sulfide) groups is 1. The van der Waals surface area contributed by atoms with E-state index in [0.29, 0.717) is 18.0 Å². The summed E-state index contributed by atoms with van der Waals surface area (Å²) in [5.74, 6) is 1.86. The van der Waals surface area contributed by atoms with Crippen LogP contribution in [0.3, 0.4) is 0 Å². The van der Waals surface area contributed by atoms with Gasteiger partial charge < -0.3 is 4.74 Å². The minimum atomic E-state index is 0.602. The maximum absolute atomic E-state index is 5.71. The van der Waals surface area contributed by atoms with E-state index < -0.39 is 0 Å². The molecule has 36 heavy (non-hydrogen) atoms. The van der Waals surface area contributed by atoms with Crippen molar-refractivity contribution < 1.29 is 4.74 Å². The lowest BCUT2D eigenvalue weighted by Gasteiger charge is -2.29. The Kier molecular flexibility index (Phi) is 12.3. The Bertz CT molecular complexity index is 910. The van der Waals surface area contributed by atoms with E-state index in [2.05, 4.69) is 81.2 Å². The summed E-state index contributed by atoms with van der Waals surface area (Å²) in [4.78, 5) is 4.72. The van der Waals surface area contributed by atoms with Crippen LogP contribution < -0.4 is 4.74 Å². The van der Waals surface area contributed by atoms with E-state index in [1.54, 1.807) is 0 Å². The Morgan fingerprint density at radius 3 is 2.06 bits per heavy atom. The van der Waals surface area contributed by atoms with Crippen molar-refractivity contribution in [3.8, 4) is 5.88 Å². The molecule has 4 rings (SSSR count). The van der Waals surface area contributed by atoms with Crippen molar-refractivity contribution in [3.63, 3.8) is 0 Å². The average Bonchev–Trinajstić information content (AvgIpc) is 3.53. The van der Waals surface area contributed by atoms with Gasteiger partial charge in [-0.1, -0.05) is 38.8 Å². The largest absolute Gasteiger partial charge is 0.475 e. The second kappa shape index (κ2) is 15.2. The van der Waals surface area contributed by atoms with E-state index in [4.69, 9.17) is 4.74 Å². The molecule has 0 radical (unpaired) electrons. The molecule has 2 aromatic rings. The van der Waals surface area contributed by atoms with Crippen molar-refractivity contribution >= 4 is 46.4 Å². The summed E-state index contributed by atoms with van der Waals surface area (Å²) in [5.41, 5.74) is 4.66. The molecule has 0 saturated carbocycles. The minimum Gasteiger partial charge on any atom is -0.475 e. The summed E-state index contributed by atoms with van der Waals surface area (Å²) < 4.78 is 23.3. The number of likely N-dealkylation sites (N-methyl/N-ethyl adjacent to an activating group) is 2. The van der Waals surface area contributed by atoms with Gasteiger partial charge in [0.2, 0.25) is 0 Å². The SMILES string of the molecule is CCCCOc1nsnc1C1=CCC(C)N(C)C1.CCCCSc1nsnc1C1=CCC(C)N(C)C1. The molecule has 0 aromatic carbocycles. The molecule has 0 aliphatic carbocycles. The first-order valence-electron chi connectivity index (χ1n) is 13.1. The summed E-state index contributed by atoms with van der Waals surface area (Å²) in [7, 11) is 4.33. The molecule has 0 N–H and O–H groups in total. The molecule has 0 bridgehead atoms. The van der Waals surface area contributed by atoms with E-state index in [0.717, 1.165) is 67.5 Å². The van der Waals surface area contributed by atoms with Crippen LogP contribution in [0.1, 0.15) is 77.6 Å². The minimum absolute atomic E-state index is 0.602. The monoisotopic (exact) mass is 550 g/mol. The van der Waals surface area contributed by atoms with E-state index in [9.17, 15) is 0 Å². The molecule has 0 fully saturated rings. The zero-order chi connectivity index (χ0) is 25.9. The van der Waals surface area contributed by atoms with Crippen LogP contribution in [0.25, 0.3) is 11.1 Å². The number of hydrogen-bond acceptors (Lipinski definition) is 10. The highest BCUT2D eigenvalue weighted by atomic mass is 32.2. The lowest BCUT2D eigenvalue weighted by molar-refractivity contribution is 0.277. The van der Waals surface area contributed by atoms with E-state index >= 15 is 0 Å². The highest BCUT2D eigenvalue weighted by molar-refractivity contribution is 7.99. The second-order valence-electron chi connectivity index (χ2n) is 9.70. The third-order valence-corrected chi connectivity index (χ3v) is 8.96. The molecule has 2 aliphatic rings. The molecule has 2 aromatic heterocycles. The first kappa shape index (κ1) is 29.2. The zero-order valence-corrected chi connectivity index (χ0v) is 25.1. The highest BCUT2D eigenvalue weighted by Gasteiger charge is 2.22. The Labute approximate surface area is 230 Å². The van der Waals surface area contributed by atoms with Gasteiger partial charge in [-0.15, -0.1) is 16.1 Å². The summed E-state index contributed by atoms with van der Waals surface area (Å²) in [6, 6.07) is 1.24. The van der Waals surface area contributed by atoms with Crippen molar-refractivity contribution in [1.82, 2.24) is 27.3 Å². The molecule has 4 heterocycles. The second-order valence-corrected chi connectivity index (χ2v) is 11.8. The normalized spacial score (nSPS) is 20.9. The number of unbranched alkanes of at least 4 members (excludes halogenated alkanes) is 2. The topological polar surface area (TPSA) is 67.3 Å². The lowest BCUT2D eigenvalue weighted by atomic mass is 10.0. The van der Waals surface area contributed by atoms with Crippen LogP contribution in [0.2, 0.25) is 0 Å². The van der Waals surface area contributed by atoms with Crippen molar-refractivity contribution in [1.29, 1.82) is 0 Å². The fourth-order valence-corrected chi connectivity index (χ4v) is 6.20. The van der Waals surface area contributed by atoms with E-state index in [1.165, 1.54) is 47.4 Å². The van der Waals surface area contributed by atoms with Crippen molar-refractivity contribution in [2.24, 2.45) is 0 Å². The molecule has 0 amide bonds. The number of ether oxygens (including phenoxy) is 1. The molecule has 10 heteroatoms. The number of aromatic nitrogens is 4. The first-order valence-corrected chi connectivity index (χ1v) is 15.6. The molecular formula is C26H42N6OS3. The van der Waals surface area contributed by atoms with Crippen LogP contribution in [0.5, 0.6) is 5.88 Å². The molecule has 200 valence electrons. The lowest BCUT2D eigenvalue weighted by Crippen LogP contribution is -2.33. The Balaban J connectivity index is 0.000000201. The Morgan fingerprint density at radius 1 is 0.861 bits per heavy atom. The molecule has 2 aliphatic heterocycles. The van der Waals surface area contributed by atoms with Crippen LogP contribution in [-0.4, -0.2) is 78.9 Å². The molecular weight excluding hydrogens is 509 g/mol. The maximum Gasteiger partial charge on any atom is 0.253 e. The Hall–Kier alpha value is -1.33. The number of nitrogens with zero attached hydrogens (tertiary/aromatic N) is 6. The van der Waals surface area contributed by atoms with E-state index in [1.807, 2.05) is 11.8 Å². The van der Waals surface area contributed by atoms with Gasteiger partial charge >= 0.3 is 0 Å². The van der Waals surface area contributed by atoms with Crippen LogP contribution in [0, 0.1) is 0 Å². The van der Waals surface area contributed by atoms with Gasteiger partial charge in [0.1, 0.15) is 16.4 Å². The molecule has 0 spiro atoms. The zero-order valence-electron chi connectivity index (χ0n) is 22.7. The Morgan fingerprint density at radius 2 is 1.44 bits per heavy atom. The van der Waals surface area contributed by atoms with Gasteiger partial charge in [0.25, 0.3) is 5.88 Å². The predicted molar refractivity (Wildman–Crippen MR) is 155 cm³/mol. The average molecular weight is 551 g/mol. The van der Waals surface area contributed by atoms with Crippen LogP contribution >= 0.6 is 35.2 Å². The summed E-state index contributed by atoms with van der Waals surface area (Å²) in [5, 5.41) is 1.13. The molecule has 2 atom stereocenters. The smallest absolute Gasteiger partial charge is 0.253 e. The van der Waals surface area contributed by atoms with Gasteiger partial charge in [-0.25, -0.2) is 0 Å². The summed E-state index contributed by atoms with van der Waals surface area (Å²) in [6.07, 6.45) is 11.5. The number of rotatable bonds is 10. The molecule has 2 unspecified atom stereocenters. The van der Waals surface area contributed by atoms with Crippen LogP contribution in [-0.2, 0) is 0 Å². The predicted octanol–water partition coefficient (Wildman–Crippen LogP) is 6.36. The van der Waals surface area contributed by atoms with Gasteiger partial charge in [0.05, 0.1) is 30.1 Å². The van der Waals surface area contributed by atoms with Gasteiger partial charge in [-0.3, -0.25) is 9.80 Å². The van der Waals surface area contributed by atoms with Gasteiger partial charge in [0.15, 0.2) is 0 Å². The van der Waals surface area contributed by atoms with Crippen LogP contribution in [0.4, 0.5) is 0 Å². The standard InChI is InChI=1S/C13H21N3OS.C13H21N3S2/c2*1-4-5-8-17-13-12(14-18-15-13)11-7-6-10(2)16(3)9-11/h2*7,10H,4-6,8-9H2,1-3H3. The van der Waals surface area contributed by atoms with Crippen molar-refractivity contribution in [2.45, 2.75) is 83.3 Å². The quantitative estimate of drug-likeness (QED) is 0.250. The fraction of sp³-hybridized carbons (Fsp3) is 0.692. The molecule has 7 nitrogen and oxygen atoms in total. The van der Waals surface area contributed by atoms with Gasteiger partial charge in [-0.05, 0) is 70.5 Å². The number of hydrogen-bond donors (Lipinski definition) is 0. The van der Waals surface area contributed by atoms with Crippen LogP contribution in [0.15, 0.2) is 17.2 Å². The summed E-state index contributed by atoms with van der Waals surface area (Å²) in [6.45, 7) is 11.5. The fourth-order valence-electron chi connectivity index (χ4n) is 3.88. The first-order chi connectivity index (χ1) is 17.4. The van der Waals surface area contributed by atoms with Gasteiger partial charge in [-0.2, -0.15) is 13.1 Å². The van der Waals surface area contributed by atoms with Crippen molar-refractivity contribution in [2.75, 3.05) is 39.5 Å². The third kappa shape index (κ3) is 8.34.